The Labute approximate surface area is 314 Å². The van der Waals surface area contributed by atoms with Crippen LogP contribution < -0.4 is 9.97 Å². The number of hydrogen-bond donors (Lipinski definition) is 1. The van der Waals surface area contributed by atoms with Gasteiger partial charge in [0.1, 0.15) is 0 Å². The van der Waals surface area contributed by atoms with Gasteiger partial charge in [-0.05, 0) is 35.4 Å². The predicted molar refractivity (Wildman–Crippen MR) is 181 cm³/mol. The molecule has 0 saturated carbocycles. The molecule has 0 atom stereocenters. The SMILES string of the molecule is CC(=O)C=C(C)O.[Eu+2].c1ccc2c(c1)-c1nc-2nc2[n-]c(nc3nc(nc4[n-]c(n1)c1ccccc41)-c1ccccc1-3)c1ccccc21. The van der Waals surface area contributed by atoms with Crippen molar-refractivity contribution in [2.45, 2.75) is 13.8 Å². The summed E-state index contributed by atoms with van der Waals surface area (Å²) in [5.74, 6) is 2.15. The third kappa shape index (κ3) is 5.74. The molecule has 2 aliphatic rings. The zero-order valence-corrected chi connectivity index (χ0v) is 28.1. The molecule has 0 spiro atoms. The largest absolute Gasteiger partial charge is 2.00 e. The van der Waals surface area contributed by atoms with Crippen LogP contribution in [0.4, 0.5) is 0 Å². The number of rotatable bonds is 1. The Morgan fingerprint density at radius 2 is 0.771 bits per heavy atom. The van der Waals surface area contributed by atoms with Crippen LogP contribution in [0.2, 0.25) is 0 Å². The van der Waals surface area contributed by atoms with Crippen LogP contribution in [-0.4, -0.2) is 40.8 Å². The number of fused-ring (bicyclic) bond motifs is 20. The molecule has 9 rings (SSSR count). The molecule has 7 aromatic rings. The number of benzene rings is 4. The number of carbonyl (C=O) groups is 1. The van der Waals surface area contributed by atoms with Crippen molar-refractivity contribution in [1.82, 2.24) is 39.9 Å². The molecule has 8 bridgehead atoms. The molecule has 0 aliphatic carbocycles. The minimum absolute atomic E-state index is 0. The molecule has 5 heterocycles. The molecule has 11 heteroatoms. The fourth-order valence-electron chi connectivity index (χ4n) is 5.75. The summed E-state index contributed by atoms with van der Waals surface area (Å²) in [5, 5.41) is 11.9. The van der Waals surface area contributed by atoms with Crippen LogP contribution in [0.25, 0.3) is 89.7 Å². The Balaban J connectivity index is 0.000000415. The number of carbonyl (C=O) groups excluding carboxylic acids is 1. The average Bonchev–Trinajstić information content (AvgIpc) is 3.80. The average molecular weight is 765 g/mol. The topological polar surface area (TPSA) is 143 Å². The van der Waals surface area contributed by atoms with Crippen molar-refractivity contribution in [3.63, 3.8) is 0 Å². The summed E-state index contributed by atoms with van der Waals surface area (Å²) in [5.41, 5.74) is 5.78. The van der Waals surface area contributed by atoms with Crippen molar-refractivity contribution >= 4 is 49.9 Å². The molecule has 4 aromatic carbocycles. The van der Waals surface area contributed by atoms with E-state index in [0.717, 1.165) is 43.8 Å². The minimum atomic E-state index is -0.125. The fraction of sp³-hybridized carbons (Fsp3) is 0.0541. The molecule has 0 amide bonds. The molecule has 48 heavy (non-hydrogen) atoms. The van der Waals surface area contributed by atoms with Crippen LogP contribution in [0.15, 0.2) is 109 Å². The second-order valence-electron chi connectivity index (χ2n) is 11.1. The monoisotopic (exact) mass is 765 g/mol. The molecule has 231 valence electrons. The molecule has 1 N–H and O–H groups in total. The predicted octanol–water partition coefficient (Wildman–Crippen LogP) is 7.16. The third-order valence-corrected chi connectivity index (χ3v) is 7.74. The van der Waals surface area contributed by atoms with E-state index in [2.05, 4.69) is 0 Å². The van der Waals surface area contributed by atoms with Crippen molar-refractivity contribution in [3.05, 3.63) is 109 Å². The van der Waals surface area contributed by atoms with Gasteiger partial charge in [0.05, 0.1) is 29.1 Å². The number of aliphatic hydroxyl groups excluding tert-OH is 1. The van der Waals surface area contributed by atoms with Crippen LogP contribution in [0.3, 0.4) is 0 Å². The first kappa shape index (κ1) is 31.6. The summed E-state index contributed by atoms with van der Waals surface area (Å²) < 4.78 is 0. The maximum atomic E-state index is 10.0. The van der Waals surface area contributed by atoms with Gasteiger partial charge in [0.2, 0.25) is 0 Å². The summed E-state index contributed by atoms with van der Waals surface area (Å²) >= 11 is 0. The normalized spacial score (nSPS) is 11.7. The van der Waals surface area contributed by atoms with Crippen LogP contribution in [0.1, 0.15) is 13.8 Å². The molecule has 0 unspecified atom stereocenters. The van der Waals surface area contributed by atoms with E-state index in [0.29, 0.717) is 45.9 Å². The van der Waals surface area contributed by atoms with E-state index in [9.17, 15) is 4.79 Å². The Hall–Kier alpha value is -4.97. The van der Waals surface area contributed by atoms with E-state index in [4.69, 9.17) is 45.0 Å². The number of ketones is 1. The quantitative estimate of drug-likeness (QED) is 0.135. The number of aliphatic hydroxyl groups is 1. The smallest absolute Gasteiger partial charge is 0.512 e. The number of nitrogens with zero attached hydrogens (tertiary/aromatic N) is 8. The summed E-state index contributed by atoms with van der Waals surface area (Å²) in [6.07, 6.45) is 1.17. The van der Waals surface area contributed by atoms with Gasteiger partial charge in [-0.25, -0.2) is 9.97 Å². The van der Waals surface area contributed by atoms with Gasteiger partial charge in [-0.2, -0.15) is 0 Å². The molecular formula is C37H24EuN8O2. The number of aromatic nitrogens is 8. The van der Waals surface area contributed by atoms with Gasteiger partial charge >= 0.3 is 49.4 Å². The first-order valence-corrected chi connectivity index (χ1v) is 14.9. The maximum Gasteiger partial charge on any atom is 2.00 e. The number of hydrogen-bond acceptors (Lipinski definition) is 8. The maximum absolute atomic E-state index is 10.0. The van der Waals surface area contributed by atoms with Gasteiger partial charge in [-0.3, -0.25) is 4.79 Å². The van der Waals surface area contributed by atoms with Crippen LogP contribution in [0, 0.1) is 49.4 Å². The van der Waals surface area contributed by atoms with Gasteiger partial charge in [0.15, 0.2) is 5.78 Å². The first-order chi connectivity index (χ1) is 22.9. The standard InChI is InChI=1S/C32H16N8.C5H8O2.Eu/c1-2-10-18-17(9-1)25-33-26(18)38-28-21-13-5-6-14-22(21)30(35-28)40-32-24-16-8-7-15-23(24)31(36-32)39-29-20-12-4-3-11-19(20)27(34-29)37-25;1-4(6)3-5(2)7;/h1-16H;3,6H,1-2H3;/q-2;;+2. The van der Waals surface area contributed by atoms with E-state index in [1.54, 1.807) is 0 Å². The summed E-state index contributed by atoms with van der Waals surface area (Å²) in [6, 6.07) is 31.8. The first-order valence-electron chi connectivity index (χ1n) is 14.9. The summed E-state index contributed by atoms with van der Waals surface area (Å²) in [7, 11) is 0. The third-order valence-electron chi connectivity index (χ3n) is 7.74. The van der Waals surface area contributed by atoms with Crippen molar-refractivity contribution in [1.29, 1.82) is 0 Å². The molecule has 2 aliphatic heterocycles. The molecule has 10 nitrogen and oxygen atoms in total. The van der Waals surface area contributed by atoms with Crippen LogP contribution >= 0.6 is 0 Å². The molecule has 0 fully saturated rings. The van der Waals surface area contributed by atoms with E-state index in [1.807, 2.05) is 97.1 Å². The van der Waals surface area contributed by atoms with Gasteiger partial charge in [-0.15, -0.1) is 0 Å². The van der Waals surface area contributed by atoms with Crippen molar-refractivity contribution in [2.24, 2.45) is 0 Å². The molecule has 1 radical (unpaired) electrons. The van der Waals surface area contributed by atoms with Crippen LogP contribution in [-0.2, 0) is 4.79 Å². The minimum Gasteiger partial charge on any atom is -0.512 e. The van der Waals surface area contributed by atoms with Gasteiger partial charge in [0.25, 0.3) is 0 Å². The van der Waals surface area contributed by atoms with Gasteiger partial charge < -0.3 is 35.0 Å². The fourth-order valence-corrected chi connectivity index (χ4v) is 5.75. The van der Waals surface area contributed by atoms with E-state index >= 15 is 0 Å². The molecular weight excluding hydrogens is 740 g/mol. The number of allylic oxidation sites excluding steroid dienone is 2. The zero-order chi connectivity index (χ0) is 32.1. The summed E-state index contributed by atoms with van der Waals surface area (Å²) in [4.78, 5) is 49.3. The van der Waals surface area contributed by atoms with E-state index in [1.165, 1.54) is 19.9 Å². The van der Waals surface area contributed by atoms with Crippen molar-refractivity contribution < 1.29 is 59.3 Å². The van der Waals surface area contributed by atoms with E-state index < -0.39 is 0 Å². The van der Waals surface area contributed by atoms with E-state index in [-0.39, 0.29) is 60.9 Å². The summed E-state index contributed by atoms with van der Waals surface area (Å²) in [6.45, 7) is 2.85. The second-order valence-corrected chi connectivity index (χ2v) is 11.1. The molecule has 0 saturated heterocycles. The second kappa shape index (κ2) is 12.9. The Bertz CT molecular complexity index is 2280. The van der Waals surface area contributed by atoms with Gasteiger partial charge in [0, 0.05) is 50.9 Å². The van der Waals surface area contributed by atoms with Gasteiger partial charge in [-0.1, -0.05) is 97.1 Å². The van der Waals surface area contributed by atoms with Crippen molar-refractivity contribution in [2.75, 3.05) is 0 Å². The van der Waals surface area contributed by atoms with Crippen molar-refractivity contribution in [3.8, 4) is 45.6 Å². The Morgan fingerprint density at radius 1 is 0.500 bits per heavy atom. The molecule has 3 aromatic heterocycles. The van der Waals surface area contributed by atoms with Crippen LogP contribution in [0.5, 0.6) is 0 Å². The zero-order valence-electron chi connectivity index (χ0n) is 25.6. The Kier molecular flexibility index (Phi) is 8.51. The Morgan fingerprint density at radius 3 is 1.00 bits per heavy atom.